The van der Waals surface area contributed by atoms with Crippen molar-refractivity contribution in [3.63, 3.8) is 0 Å². The van der Waals surface area contributed by atoms with Gasteiger partial charge in [-0.2, -0.15) is 5.10 Å². The van der Waals surface area contributed by atoms with E-state index in [1.807, 2.05) is 19.1 Å². The SMILES string of the molecule is CCc1c(-c2cc(C(=O)O)[nH]n2)ccc2c1OCCO2. The molecule has 0 bridgehead atoms. The van der Waals surface area contributed by atoms with Gasteiger partial charge in [0.15, 0.2) is 11.5 Å². The van der Waals surface area contributed by atoms with Gasteiger partial charge in [-0.25, -0.2) is 4.79 Å². The molecule has 0 unspecified atom stereocenters. The zero-order valence-corrected chi connectivity index (χ0v) is 11.0. The summed E-state index contributed by atoms with van der Waals surface area (Å²) in [5.41, 5.74) is 2.50. The maximum Gasteiger partial charge on any atom is 0.353 e. The van der Waals surface area contributed by atoms with Crippen LogP contribution < -0.4 is 9.47 Å². The van der Waals surface area contributed by atoms with E-state index in [2.05, 4.69) is 10.2 Å². The van der Waals surface area contributed by atoms with E-state index in [0.717, 1.165) is 29.0 Å². The Morgan fingerprint density at radius 2 is 2.20 bits per heavy atom. The maximum atomic E-state index is 10.9. The van der Waals surface area contributed by atoms with Gasteiger partial charge in [0.1, 0.15) is 18.9 Å². The number of aromatic amines is 1. The lowest BCUT2D eigenvalue weighted by Gasteiger charge is -2.22. The molecule has 0 radical (unpaired) electrons. The van der Waals surface area contributed by atoms with E-state index in [4.69, 9.17) is 14.6 Å². The first kappa shape index (κ1) is 12.5. The lowest BCUT2D eigenvalue weighted by molar-refractivity contribution is 0.0690. The van der Waals surface area contributed by atoms with Crippen LogP contribution in [0.5, 0.6) is 11.5 Å². The lowest BCUT2D eigenvalue weighted by atomic mass is 10.00. The van der Waals surface area contributed by atoms with Crippen LogP contribution in [0.1, 0.15) is 23.0 Å². The number of aromatic carboxylic acids is 1. The molecule has 0 fully saturated rings. The summed E-state index contributed by atoms with van der Waals surface area (Å²) in [6.45, 7) is 3.08. The van der Waals surface area contributed by atoms with E-state index in [9.17, 15) is 4.79 Å². The minimum Gasteiger partial charge on any atom is -0.486 e. The van der Waals surface area contributed by atoms with Gasteiger partial charge >= 0.3 is 5.97 Å². The molecule has 0 saturated carbocycles. The van der Waals surface area contributed by atoms with Crippen molar-refractivity contribution in [1.82, 2.24) is 10.2 Å². The van der Waals surface area contributed by atoms with Gasteiger partial charge in [0, 0.05) is 11.1 Å². The summed E-state index contributed by atoms with van der Waals surface area (Å²) < 4.78 is 11.2. The van der Waals surface area contributed by atoms with Crippen molar-refractivity contribution in [1.29, 1.82) is 0 Å². The molecule has 6 heteroatoms. The molecule has 2 N–H and O–H groups in total. The molecule has 0 spiro atoms. The molecule has 104 valence electrons. The first-order chi connectivity index (χ1) is 9.70. The highest BCUT2D eigenvalue weighted by Crippen LogP contribution is 2.39. The van der Waals surface area contributed by atoms with Gasteiger partial charge in [0.25, 0.3) is 0 Å². The Kier molecular flexibility index (Phi) is 3.06. The van der Waals surface area contributed by atoms with Crippen molar-refractivity contribution in [3.05, 3.63) is 29.5 Å². The number of hydrogen-bond acceptors (Lipinski definition) is 4. The molecular weight excluding hydrogens is 260 g/mol. The molecule has 0 saturated heterocycles. The molecule has 0 aliphatic carbocycles. The number of hydrogen-bond donors (Lipinski definition) is 2. The summed E-state index contributed by atoms with van der Waals surface area (Å²) in [4.78, 5) is 10.9. The quantitative estimate of drug-likeness (QED) is 0.895. The molecule has 2 aromatic rings. The normalized spacial score (nSPS) is 13.2. The van der Waals surface area contributed by atoms with Gasteiger partial charge in [-0.05, 0) is 24.6 Å². The fraction of sp³-hybridized carbons (Fsp3) is 0.286. The average molecular weight is 274 g/mol. The molecule has 1 aliphatic rings. The van der Waals surface area contributed by atoms with Crippen LogP contribution in [-0.4, -0.2) is 34.5 Å². The highest BCUT2D eigenvalue weighted by Gasteiger charge is 2.20. The summed E-state index contributed by atoms with van der Waals surface area (Å²) in [6.07, 6.45) is 0.747. The van der Waals surface area contributed by atoms with E-state index in [1.54, 1.807) is 0 Å². The number of aromatic nitrogens is 2. The minimum atomic E-state index is -1.03. The summed E-state index contributed by atoms with van der Waals surface area (Å²) in [5.74, 6) is 0.432. The van der Waals surface area contributed by atoms with E-state index in [-0.39, 0.29) is 5.69 Å². The summed E-state index contributed by atoms with van der Waals surface area (Å²) in [7, 11) is 0. The Balaban J connectivity index is 2.10. The highest BCUT2D eigenvalue weighted by atomic mass is 16.6. The molecule has 3 rings (SSSR count). The van der Waals surface area contributed by atoms with Gasteiger partial charge in [0.05, 0.1) is 5.69 Å². The molecule has 20 heavy (non-hydrogen) atoms. The van der Waals surface area contributed by atoms with Crippen molar-refractivity contribution in [3.8, 4) is 22.8 Å². The van der Waals surface area contributed by atoms with Crippen LogP contribution in [0.4, 0.5) is 0 Å². The van der Waals surface area contributed by atoms with Crippen LogP contribution in [0, 0.1) is 0 Å². The second kappa shape index (κ2) is 4.88. The Morgan fingerprint density at radius 1 is 1.40 bits per heavy atom. The number of H-pyrrole nitrogens is 1. The van der Waals surface area contributed by atoms with E-state index in [1.165, 1.54) is 6.07 Å². The third kappa shape index (κ3) is 1.99. The Hall–Kier alpha value is -2.50. The number of benzene rings is 1. The van der Waals surface area contributed by atoms with Crippen LogP contribution in [-0.2, 0) is 6.42 Å². The lowest BCUT2D eigenvalue weighted by Crippen LogP contribution is -2.16. The van der Waals surface area contributed by atoms with Crippen molar-refractivity contribution >= 4 is 5.97 Å². The zero-order valence-electron chi connectivity index (χ0n) is 11.0. The van der Waals surface area contributed by atoms with Crippen LogP contribution in [0.2, 0.25) is 0 Å². The van der Waals surface area contributed by atoms with Gasteiger partial charge in [-0.15, -0.1) is 0 Å². The number of carbonyl (C=O) groups is 1. The van der Waals surface area contributed by atoms with Crippen molar-refractivity contribution < 1.29 is 19.4 Å². The Morgan fingerprint density at radius 3 is 2.90 bits per heavy atom. The summed E-state index contributed by atoms with van der Waals surface area (Å²) in [5, 5.41) is 15.5. The maximum absolute atomic E-state index is 10.9. The third-order valence-electron chi connectivity index (χ3n) is 3.25. The van der Waals surface area contributed by atoms with Crippen LogP contribution in [0.25, 0.3) is 11.3 Å². The van der Waals surface area contributed by atoms with Gasteiger partial charge in [0.2, 0.25) is 0 Å². The standard InChI is InChI=1S/C14H14N2O4/c1-2-8-9(10-7-11(14(17)18)16-15-10)3-4-12-13(8)20-6-5-19-12/h3-4,7H,2,5-6H2,1H3,(H,15,16)(H,17,18). The summed E-state index contributed by atoms with van der Waals surface area (Å²) >= 11 is 0. The molecule has 0 amide bonds. The number of rotatable bonds is 3. The van der Waals surface area contributed by atoms with E-state index >= 15 is 0 Å². The number of fused-ring (bicyclic) bond motifs is 1. The Bertz CT molecular complexity index is 663. The van der Waals surface area contributed by atoms with Crippen LogP contribution >= 0.6 is 0 Å². The highest BCUT2D eigenvalue weighted by molar-refractivity contribution is 5.87. The largest absolute Gasteiger partial charge is 0.486 e. The van der Waals surface area contributed by atoms with Crippen LogP contribution in [0.3, 0.4) is 0 Å². The predicted octanol–water partition coefficient (Wildman–Crippen LogP) is 2.11. The number of carboxylic acids is 1. The average Bonchev–Trinajstić information content (AvgIpc) is 2.95. The molecule has 1 aliphatic heterocycles. The van der Waals surface area contributed by atoms with Gasteiger partial charge in [-0.1, -0.05) is 6.92 Å². The topological polar surface area (TPSA) is 84.4 Å². The fourth-order valence-electron chi connectivity index (χ4n) is 2.33. The molecular formula is C14H14N2O4. The first-order valence-electron chi connectivity index (χ1n) is 6.41. The molecule has 6 nitrogen and oxygen atoms in total. The number of nitrogens with zero attached hydrogens (tertiary/aromatic N) is 1. The molecule has 0 atom stereocenters. The van der Waals surface area contributed by atoms with E-state index < -0.39 is 5.97 Å². The monoisotopic (exact) mass is 274 g/mol. The third-order valence-corrected chi connectivity index (χ3v) is 3.25. The minimum absolute atomic E-state index is 0.0666. The van der Waals surface area contributed by atoms with Crippen molar-refractivity contribution in [2.24, 2.45) is 0 Å². The van der Waals surface area contributed by atoms with Crippen LogP contribution in [0.15, 0.2) is 18.2 Å². The second-order valence-corrected chi connectivity index (χ2v) is 4.44. The van der Waals surface area contributed by atoms with Crippen molar-refractivity contribution in [2.45, 2.75) is 13.3 Å². The smallest absolute Gasteiger partial charge is 0.353 e. The Labute approximate surface area is 115 Å². The second-order valence-electron chi connectivity index (χ2n) is 4.44. The molecule has 2 heterocycles. The summed E-state index contributed by atoms with van der Waals surface area (Å²) in [6, 6.07) is 5.24. The molecule has 1 aromatic heterocycles. The fourth-order valence-corrected chi connectivity index (χ4v) is 2.33. The van der Waals surface area contributed by atoms with E-state index in [0.29, 0.717) is 18.9 Å². The molecule has 1 aromatic carbocycles. The van der Waals surface area contributed by atoms with Crippen molar-refractivity contribution in [2.75, 3.05) is 13.2 Å². The number of ether oxygens (including phenoxy) is 2. The predicted molar refractivity (Wildman–Crippen MR) is 71.4 cm³/mol. The zero-order chi connectivity index (χ0) is 14.1. The number of carboxylic acid groups (broad SMARTS) is 1. The van der Waals surface area contributed by atoms with Gasteiger partial charge in [-0.3, -0.25) is 5.10 Å². The first-order valence-corrected chi connectivity index (χ1v) is 6.41. The van der Waals surface area contributed by atoms with Gasteiger partial charge < -0.3 is 14.6 Å². The number of nitrogens with one attached hydrogen (secondary N) is 1.